The highest BCUT2D eigenvalue weighted by atomic mass is 16.2. The lowest BCUT2D eigenvalue weighted by atomic mass is 10.2. The van der Waals surface area contributed by atoms with Crippen molar-refractivity contribution in [2.24, 2.45) is 5.84 Å². The molecule has 0 bridgehead atoms. The molecule has 0 aliphatic heterocycles. The lowest BCUT2D eigenvalue weighted by Gasteiger charge is -2.04. The van der Waals surface area contributed by atoms with Crippen LogP contribution in [-0.4, -0.2) is 15.7 Å². The van der Waals surface area contributed by atoms with E-state index in [1.807, 2.05) is 37.3 Å². The Morgan fingerprint density at radius 3 is 2.76 bits per heavy atom. The van der Waals surface area contributed by atoms with Crippen LogP contribution >= 0.6 is 0 Å². The molecule has 0 unspecified atom stereocenters. The molecule has 0 radical (unpaired) electrons. The summed E-state index contributed by atoms with van der Waals surface area (Å²) in [4.78, 5) is 11.2. The Balaban J connectivity index is 2.30. The fraction of sp³-hybridized carbons (Fsp3) is 0.167. The minimum absolute atomic E-state index is 0.222. The first-order valence-electron chi connectivity index (χ1n) is 5.30. The molecule has 0 spiro atoms. The van der Waals surface area contributed by atoms with Gasteiger partial charge in [-0.3, -0.25) is 10.2 Å². The summed E-state index contributed by atoms with van der Waals surface area (Å²) in [6.45, 7) is 1.93. The van der Waals surface area contributed by atoms with Crippen LogP contribution < -0.4 is 11.3 Å². The fourth-order valence-electron chi connectivity index (χ4n) is 1.67. The Morgan fingerprint density at radius 2 is 2.12 bits per heavy atom. The summed E-state index contributed by atoms with van der Waals surface area (Å²) in [6.07, 6.45) is 1.94. The van der Waals surface area contributed by atoms with Crippen molar-refractivity contribution < 1.29 is 4.79 Å². The smallest absolute Gasteiger partial charge is 0.238 e. The predicted octanol–water partition coefficient (Wildman–Crippen LogP) is 0.713. The third-order valence-electron chi connectivity index (χ3n) is 2.62. The van der Waals surface area contributed by atoms with Gasteiger partial charge in [-0.1, -0.05) is 18.2 Å². The van der Waals surface area contributed by atoms with Crippen LogP contribution in [0.4, 0.5) is 0 Å². The molecule has 5 nitrogen and oxygen atoms in total. The van der Waals surface area contributed by atoms with Crippen LogP contribution in [0.5, 0.6) is 0 Å². The van der Waals surface area contributed by atoms with Crippen molar-refractivity contribution >= 4 is 5.91 Å². The number of para-hydroxylation sites is 1. The Kier molecular flexibility index (Phi) is 3.20. The topological polar surface area (TPSA) is 72.9 Å². The number of benzene rings is 1. The molecule has 1 heterocycles. The molecule has 0 saturated carbocycles. The minimum atomic E-state index is -0.222. The highest BCUT2D eigenvalue weighted by Gasteiger charge is 2.10. The van der Waals surface area contributed by atoms with Gasteiger partial charge in [0.05, 0.1) is 18.3 Å². The quantitative estimate of drug-likeness (QED) is 0.463. The largest absolute Gasteiger partial charge is 0.294 e. The maximum atomic E-state index is 11.2. The molecule has 1 aromatic heterocycles. The van der Waals surface area contributed by atoms with E-state index in [0.29, 0.717) is 0 Å². The first-order chi connectivity index (χ1) is 8.22. The van der Waals surface area contributed by atoms with Crippen LogP contribution in [0.25, 0.3) is 5.69 Å². The van der Waals surface area contributed by atoms with E-state index in [9.17, 15) is 4.79 Å². The molecule has 1 aromatic carbocycles. The molecule has 0 fully saturated rings. The summed E-state index contributed by atoms with van der Waals surface area (Å²) in [6, 6.07) is 9.77. The molecule has 3 N–H and O–H groups in total. The molecule has 0 aliphatic carbocycles. The van der Waals surface area contributed by atoms with E-state index in [1.165, 1.54) is 0 Å². The first-order valence-corrected chi connectivity index (χ1v) is 5.30. The SMILES string of the molecule is Cc1c(CC(=O)NN)cnn1-c1ccccc1. The molecular formula is C12H14N4O. The van der Waals surface area contributed by atoms with E-state index in [1.54, 1.807) is 10.9 Å². The third-order valence-corrected chi connectivity index (χ3v) is 2.62. The molecule has 0 aliphatic rings. The lowest BCUT2D eigenvalue weighted by Crippen LogP contribution is -2.31. The van der Waals surface area contributed by atoms with Crippen molar-refractivity contribution in [3.05, 3.63) is 47.8 Å². The standard InChI is InChI=1S/C12H14N4O/c1-9-10(7-12(17)15-13)8-14-16(9)11-5-3-2-4-6-11/h2-6,8H,7,13H2,1H3,(H,15,17). The van der Waals surface area contributed by atoms with Crippen LogP contribution in [0.15, 0.2) is 36.5 Å². The average Bonchev–Trinajstić information content (AvgIpc) is 2.72. The van der Waals surface area contributed by atoms with Gasteiger partial charge >= 0.3 is 0 Å². The Hall–Kier alpha value is -2.14. The molecule has 88 valence electrons. The van der Waals surface area contributed by atoms with Gasteiger partial charge in [-0.2, -0.15) is 5.10 Å². The summed E-state index contributed by atoms with van der Waals surface area (Å²) in [5.41, 5.74) is 4.91. The third kappa shape index (κ3) is 2.34. The second-order valence-electron chi connectivity index (χ2n) is 3.75. The monoisotopic (exact) mass is 230 g/mol. The van der Waals surface area contributed by atoms with E-state index in [-0.39, 0.29) is 12.3 Å². The second kappa shape index (κ2) is 4.80. The van der Waals surface area contributed by atoms with E-state index in [0.717, 1.165) is 16.9 Å². The van der Waals surface area contributed by atoms with Crippen LogP contribution in [0.2, 0.25) is 0 Å². The summed E-state index contributed by atoms with van der Waals surface area (Å²) in [5.74, 6) is 4.84. The first kappa shape index (κ1) is 11.3. The van der Waals surface area contributed by atoms with Crippen molar-refractivity contribution in [2.75, 3.05) is 0 Å². The molecular weight excluding hydrogens is 216 g/mol. The van der Waals surface area contributed by atoms with E-state index >= 15 is 0 Å². The molecule has 2 aromatic rings. The number of nitrogens with two attached hydrogens (primary N) is 1. The summed E-state index contributed by atoms with van der Waals surface area (Å²) in [7, 11) is 0. The normalized spacial score (nSPS) is 10.2. The van der Waals surface area contributed by atoms with Crippen LogP contribution in [0.1, 0.15) is 11.3 Å². The Bertz CT molecular complexity index is 519. The van der Waals surface area contributed by atoms with Crippen molar-refractivity contribution in [1.29, 1.82) is 0 Å². The van der Waals surface area contributed by atoms with Crippen molar-refractivity contribution in [2.45, 2.75) is 13.3 Å². The minimum Gasteiger partial charge on any atom is -0.294 e. The Labute approximate surface area is 99.2 Å². The van der Waals surface area contributed by atoms with Gasteiger partial charge in [0.25, 0.3) is 0 Å². The highest BCUT2D eigenvalue weighted by Crippen LogP contribution is 2.14. The van der Waals surface area contributed by atoms with Gasteiger partial charge < -0.3 is 0 Å². The van der Waals surface area contributed by atoms with Crippen LogP contribution in [-0.2, 0) is 11.2 Å². The number of hydrogen-bond donors (Lipinski definition) is 2. The Morgan fingerprint density at radius 1 is 1.41 bits per heavy atom. The maximum Gasteiger partial charge on any atom is 0.238 e. The zero-order valence-corrected chi connectivity index (χ0v) is 9.55. The highest BCUT2D eigenvalue weighted by molar-refractivity contribution is 5.78. The van der Waals surface area contributed by atoms with Gasteiger partial charge in [0.15, 0.2) is 0 Å². The van der Waals surface area contributed by atoms with Crippen LogP contribution in [0.3, 0.4) is 0 Å². The van der Waals surface area contributed by atoms with Crippen molar-refractivity contribution in [3.63, 3.8) is 0 Å². The number of carbonyl (C=O) groups is 1. The van der Waals surface area contributed by atoms with Gasteiger partial charge in [0.1, 0.15) is 0 Å². The van der Waals surface area contributed by atoms with Gasteiger partial charge in [0.2, 0.25) is 5.91 Å². The summed E-state index contributed by atoms with van der Waals surface area (Å²) in [5, 5.41) is 4.27. The zero-order chi connectivity index (χ0) is 12.3. The van der Waals surface area contributed by atoms with E-state index in [2.05, 4.69) is 10.5 Å². The summed E-state index contributed by atoms with van der Waals surface area (Å²) < 4.78 is 1.80. The molecule has 0 saturated heterocycles. The molecule has 2 rings (SSSR count). The lowest BCUT2D eigenvalue weighted by molar-refractivity contribution is -0.120. The van der Waals surface area contributed by atoms with Gasteiger partial charge in [-0.25, -0.2) is 10.5 Å². The van der Waals surface area contributed by atoms with Crippen LogP contribution in [0, 0.1) is 6.92 Å². The number of hydrazine groups is 1. The number of amides is 1. The average molecular weight is 230 g/mol. The molecule has 0 atom stereocenters. The fourth-order valence-corrected chi connectivity index (χ4v) is 1.67. The van der Waals surface area contributed by atoms with Gasteiger partial charge in [-0.15, -0.1) is 0 Å². The number of hydrogen-bond acceptors (Lipinski definition) is 3. The number of carbonyl (C=O) groups excluding carboxylic acids is 1. The van der Waals surface area contributed by atoms with Gasteiger partial charge in [0, 0.05) is 11.3 Å². The number of nitrogens with one attached hydrogen (secondary N) is 1. The van der Waals surface area contributed by atoms with Crippen molar-refractivity contribution in [3.8, 4) is 5.69 Å². The zero-order valence-electron chi connectivity index (χ0n) is 9.55. The number of aromatic nitrogens is 2. The van der Waals surface area contributed by atoms with Crippen molar-refractivity contribution in [1.82, 2.24) is 15.2 Å². The molecule has 17 heavy (non-hydrogen) atoms. The number of nitrogens with zero attached hydrogens (tertiary/aromatic N) is 2. The molecule has 5 heteroatoms. The van der Waals surface area contributed by atoms with E-state index in [4.69, 9.17) is 5.84 Å². The predicted molar refractivity (Wildman–Crippen MR) is 64.3 cm³/mol. The molecule has 1 amide bonds. The van der Waals surface area contributed by atoms with Gasteiger partial charge in [-0.05, 0) is 19.1 Å². The maximum absolute atomic E-state index is 11.2. The summed E-state index contributed by atoms with van der Waals surface area (Å²) >= 11 is 0. The van der Waals surface area contributed by atoms with E-state index < -0.39 is 0 Å². The number of rotatable bonds is 3. The second-order valence-corrected chi connectivity index (χ2v) is 3.75.